The number of carbonyl (C=O) groups excluding carboxylic acids is 1. The summed E-state index contributed by atoms with van der Waals surface area (Å²) in [7, 11) is 0. The van der Waals surface area contributed by atoms with E-state index in [1.165, 1.54) is 0 Å². The van der Waals surface area contributed by atoms with Crippen molar-refractivity contribution in [3.8, 4) is 0 Å². The first-order chi connectivity index (χ1) is 9.13. The molecule has 3 rings (SSSR count). The molecule has 4 heteroatoms. The van der Waals surface area contributed by atoms with E-state index < -0.39 is 17.6 Å². The SMILES string of the molecule is O=C(N1C[C@@H](O)[C@@H](O)C1)C1(c2ccccc2)CCC1. The van der Waals surface area contributed by atoms with Crippen LogP contribution in [0.3, 0.4) is 0 Å². The maximum absolute atomic E-state index is 12.7. The molecule has 1 aliphatic heterocycles. The van der Waals surface area contributed by atoms with Crippen LogP contribution >= 0.6 is 0 Å². The first-order valence-corrected chi connectivity index (χ1v) is 6.84. The minimum absolute atomic E-state index is 0.0561. The monoisotopic (exact) mass is 261 g/mol. The molecule has 0 spiro atoms. The van der Waals surface area contributed by atoms with Gasteiger partial charge in [-0.15, -0.1) is 0 Å². The van der Waals surface area contributed by atoms with E-state index >= 15 is 0 Å². The number of nitrogens with zero attached hydrogens (tertiary/aromatic N) is 1. The zero-order chi connectivity index (χ0) is 13.5. The molecule has 1 aliphatic carbocycles. The summed E-state index contributed by atoms with van der Waals surface area (Å²) in [5, 5.41) is 19.2. The molecule has 1 heterocycles. The van der Waals surface area contributed by atoms with Gasteiger partial charge in [-0.25, -0.2) is 0 Å². The predicted octanol–water partition coefficient (Wildman–Crippen LogP) is 0.672. The van der Waals surface area contributed by atoms with Crippen LogP contribution in [0.4, 0.5) is 0 Å². The average Bonchev–Trinajstić information content (AvgIpc) is 2.70. The van der Waals surface area contributed by atoms with Gasteiger partial charge in [-0.05, 0) is 18.4 Å². The van der Waals surface area contributed by atoms with E-state index in [1.54, 1.807) is 4.90 Å². The largest absolute Gasteiger partial charge is 0.388 e. The summed E-state index contributed by atoms with van der Waals surface area (Å²) in [4.78, 5) is 14.4. The second-order valence-electron chi connectivity index (χ2n) is 5.65. The molecule has 1 saturated carbocycles. The summed E-state index contributed by atoms with van der Waals surface area (Å²) < 4.78 is 0. The van der Waals surface area contributed by atoms with Crippen molar-refractivity contribution in [1.29, 1.82) is 0 Å². The molecule has 4 nitrogen and oxygen atoms in total. The molecule has 1 aromatic carbocycles. The summed E-state index contributed by atoms with van der Waals surface area (Å²) >= 11 is 0. The Bertz CT molecular complexity index is 460. The number of hydrogen-bond acceptors (Lipinski definition) is 3. The van der Waals surface area contributed by atoms with Gasteiger partial charge in [0.15, 0.2) is 0 Å². The van der Waals surface area contributed by atoms with E-state index in [0.717, 1.165) is 24.8 Å². The van der Waals surface area contributed by atoms with Crippen molar-refractivity contribution in [3.63, 3.8) is 0 Å². The molecule has 0 radical (unpaired) electrons. The van der Waals surface area contributed by atoms with Crippen molar-refractivity contribution >= 4 is 5.91 Å². The van der Waals surface area contributed by atoms with Crippen molar-refractivity contribution in [3.05, 3.63) is 35.9 Å². The summed E-state index contributed by atoms with van der Waals surface area (Å²) in [5.41, 5.74) is 0.632. The topological polar surface area (TPSA) is 60.8 Å². The maximum Gasteiger partial charge on any atom is 0.233 e. The maximum atomic E-state index is 12.7. The number of rotatable bonds is 2. The number of aliphatic hydroxyl groups is 2. The molecule has 2 atom stereocenters. The van der Waals surface area contributed by atoms with Gasteiger partial charge in [-0.2, -0.15) is 0 Å². The zero-order valence-corrected chi connectivity index (χ0v) is 10.8. The Morgan fingerprint density at radius 1 is 1.11 bits per heavy atom. The molecule has 19 heavy (non-hydrogen) atoms. The number of amides is 1. The van der Waals surface area contributed by atoms with Crippen LogP contribution in [-0.4, -0.2) is 46.3 Å². The van der Waals surface area contributed by atoms with Crippen LogP contribution < -0.4 is 0 Å². The van der Waals surface area contributed by atoms with Crippen LogP contribution in [0.25, 0.3) is 0 Å². The van der Waals surface area contributed by atoms with Crippen molar-refractivity contribution in [1.82, 2.24) is 4.90 Å². The Labute approximate surface area is 112 Å². The van der Waals surface area contributed by atoms with Gasteiger partial charge in [0, 0.05) is 13.1 Å². The third kappa shape index (κ3) is 1.95. The molecule has 2 N–H and O–H groups in total. The quantitative estimate of drug-likeness (QED) is 0.822. The molecule has 2 aliphatic rings. The lowest BCUT2D eigenvalue weighted by Gasteiger charge is -2.43. The van der Waals surface area contributed by atoms with Gasteiger partial charge >= 0.3 is 0 Å². The average molecular weight is 261 g/mol. The lowest BCUT2D eigenvalue weighted by molar-refractivity contribution is -0.140. The molecular weight excluding hydrogens is 242 g/mol. The lowest BCUT2D eigenvalue weighted by Crippen LogP contribution is -2.50. The molecule has 1 saturated heterocycles. The number of hydrogen-bond donors (Lipinski definition) is 2. The fourth-order valence-corrected chi connectivity index (χ4v) is 3.15. The number of carbonyl (C=O) groups is 1. The second-order valence-corrected chi connectivity index (χ2v) is 5.65. The summed E-state index contributed by atoms with van der Waals surface area (Å²) in [6.07, 6.45) is 1.16. The Morgan fingerprint density at radius 2 is 1.68 bits per heavy atom. The minimum atomic E-state index is -0.808. The van der Waals surface area contributed by atoms with E-state index in [9.17, 15) is 15.0 Å². The standard InChI is InChI=1S/C15H19NO3/c17-12-9-16(10-13(12)18)14(19)15(7-4-8-15)11-5-2-1-3-6-11/h1-3,5-6,12-13,17-18H,4,7-10H2/t12-,13+. The highest BCUT2D eigenvalue weighted by Crippen LogP contribution is 2.45. The molecule has 0 aromatic heterocycles. The summed E-state index contributed by atoms with van der Waals surface area (Å²) in [6, 6.07) is 9.86. The van der Waals surface area contributed by atoms with Crippen LogP contribution in [0.15, 0.2) is 30.3 Å². The fourth-order valence-electron chi connectivity index (χ4n) is 3.15. The highest BCUT2D eigenvalue weighted by atomic mass is 16.3. The van der Waals surface area contributed by atoms with Crippen LogP contribution in [-0.2, 0) is 10.2 Å². The predicted molar refractivity (Wildman–Crippen MR) is 70.6 cm³/mol. The normalized spacial score (nSPS) is 29.1. The van der Waals surface area contributed by atoms with E-state index in [0.29, 0.717) is 0 Å². The van der Waals surface area contributed by atoms with Crippen LogP contribution in [0.2, 0.25) is 0 Å². The molecular formula is C15H19NO3. The van der Waals surface area contributed by atoms with Crippen LogP contribution in [0.1, 0.15) is 24.8 Å². The van der Waals surface area contributed by atoms with Crippen LogP contribution in [0.5, 0.6) is 0 Å². The van der Waals surface area contributed by atoms with Gasteiger partial charge in [0.2, 0.25) is 5.91 Å². The van der Waals surface area contributed by atoms with E-state index in [4.69, 9.17) is 0 Å². The Hall–Kier alpha value is -1.39. The first kappa shape index (κ1) is 12.6. The Morgan fingerprint density at radius 3 is 2.16 bits per heavy atom. The Kier molecular flexibility index (Phi) is 3.07. The summed E-state index contributed by atoms with van der Waals surface area (Å²) in [6.45, 7) is 0.489. The highest BCUT2D eigenvalue weighted by Gasteiger charge is 2.49. The number of β-amino-alcohol motifs (C(OH)–C–C–N with tert-alkyl or cyclic N) is 2. The lowest BCUT2D eigenvalue weighted by atomic mass is 9.63. The van der Waals surface area contributed by atoms with Crippen molar-refractivity contribution in [2.75, 3.05) is 13.1 Å². The van der Waals surface area contributed by atoms with E-state index in [-0.39, 0.29) is 19.0 Å². The molecule has 1 aromatic rings. The van der Waals surface area contributed by atoms with Crippen molar-refractivity contribution in [2.24, 2.45) is 0 Å². The van der Waals surface area contributed by atoms with Gasteiger partial charge in [0.05, 0.1) is 17.6 Å². The number of benzene rings is 1. The van der Waals surface area contributed by atoms with Crippen molar-refractivity contribution in [2.45, 2.75) is 36.9 Å². The molecule has 1 amide bonds. The fraction of sp³-hybridized carbons (Fsp3) is 0.533. The van der Waals surface area contributed by atoms with Gasteiger partial charge in [0.25, 0.3) is 0 Å². The van der Waals surface area contributed by atoms with Gasteiger partial charge in [-0.3, -0.25) is 4.79 Å². The first-order valence-electron chi connectivity index (χ1n) is 6.84. The van der Waals surface area contributed by atoms with Gasteiger partial charge < -0.3 is 15.1 Å². The number of aliphatic hydroxyl groups excluding tert-OH is 2. The highest BCUT2D eigenvalue weighted by molar-refractivity contribution is 5.89. The smallest absolute Gasteiger partial charge is 0.233 e. The van der Waals surface area contributed by atoms with Crippen molar-refractivity contribution < 1.29 is 15.0 Å². The Balaban J connectivity index is 1.85. The number of likely N-dealkylation sites (tertiary alicyclic amines) is 1. The van der Waals surface area contributed by atoms with Gasteiger partial charge in [0.1, 0.15) is 0 Å². The molecule has 102 valence electrons. The molecule has 0 unspecified atom stereocenters. The zero-order valence-electron chi connectivity index (χ0n) is 10.8. The summed E-state index contributed by atoms with van der Waals surface area (Å²) in [5.74, 6) is 0.0561. The third-order valence-electron chi connectivity index (χ3n) is 4.49. The van der Waals surface area contributed by atoms with E-state index in [2.05, 4.69) is 0 Å². The minimum Gasteiger partial charge on any atom is -0.388 e. The second kappa shape index (κ2) is 4.62. The molecule has 0 bridgehead atoms. The van der Waals surface area contributed by atoms with E-state index in [1.807, 2.05) is 30.3 Å². The molecule has 2 fully saturated rings. The van der Waals surface area contributed by atoms with Crippen LogP contribution in [0, 0.1) is 0 Å². The third-order valence-corrected chi connectivity index (χ3v) is 4.49. The van der Waals surface area contributed by atoms with Gasteiger partial charge in [-0.1, -0.05) is 36.8 Å².